The molecule has 4 atom stereocenters. The van der Waals surface area contributed by atoms with Gasteiger partial charge >= 0.3 is 0 Å². The summed E-state index contributed by atoms with van der Waals surface area (Å²) in [5, 5.41) is 0. The molecule has 0 saturated carbocycles. The molecule has 0 N–H and O–H groups in total. The van der Waals surface area contributed by atoms with Crippen LogP contribution in [0.4, 0.5) is 0 Å². The van der Waals surface area contributed by atoms with Gasteiger partial charge in [0.15, 0.2) is 0 Å². The standard InChI is InChI=1S/C21H32N2O2/c1-16-12-23(14-18-8-5-4-6-9-18)13-17(2)20(16)22(3)21(24)19-10-7-11-25-15-19/h4-6,8-9,16-17,19-20H,7,10-15H2,1-3H3/t16-,17+,19-,20?/m1/s1. The molecule has 138 valence electrons. The summed E-state index contributed by atoms with van der Waals surface area (Å²) in [7, 11) is 2.00. The molecule has 2 fully saturated rings. The van der Waals surface area contributed by atoms with Crippen molar-refractivity contribution in [2.75, 3.05) is 33.4 Å². The number of hydrogen-bond acceptors (Lipinski definition) is 3. The summed E-state index contributed by atoms with van der Waals surface area (Å²) in [6, 6.07) is 11.0. The number of carbonyl (C=O) groups excluding carboxylic acids is 1. The van der Waals surface area contributed by atoms with Gasteiger partial charge in [-0.3, -0.25) is 9.69 Å². The Morgan fingerprint density at radius 1 is 1.20 bits per heavy atom. The molecule has 1 aromatic rings. The van der Waals surface area contributed by atoms with Crippen molar-refractivity contribution in [3.8, 4) is 0 Å². The molecule has 1 aromatic carbocycles. The number of amides is 1. The van der Waals surface area contributed by atoms with Crippen LogP contribution >= 0.6 is 0 Å². The van der Waals surface area contributed by atoms with Crippen LogP contribution in [0.1, 0.15) is 32.3 Å². The first-order valence-electron chi connectivity index (χ1n) is 9.67. The van der Waals surface area contributed by atoms with Gasteiger partial charge in [0.1, 0.15) is 0 Å². The SMILES string of the molecule is C[C@@H]1CN(Cc2ccccc2)C[C@H](C)C1N(C)C(=O)[C@@H]1CCCOC1. The molecule has 1 unspecified atom stereocenters. The third-order valence-electron chi connectivity index (χ3n) is 5.81. The van der Waals surface area contributed by atoms with E-state index in [0.717, 1.165) is 39.1 Å². The third-order valence-corrected chi connectivity index (χ3v) is 5.81. The van der Waals surface area contributed by atoms with E-state index in [1.165, 1.54) is 5.56 Å². The normalized spacial score (nSPS) is 30.8. The van der Waals surface area contributed by atoms with E-state index in [-0.39, 0.29) is 11.8 Å². The second-order valence-electron chi connectivity index (χ2n) is 7.99. The average Bonchev–Trinajstić information content (AvgIpc) is 2.62. The molecule has 0 aliphatic carbocycles. The van der Waals surface area contributed by atoms with Crippen molar-refractivity contribution in [2.45, 2.75) is 39.3 Å². The summed E-state index contributed by atoms with van der Waals surface area (Å²) in [5.74, 6) is 1.29. The maximum Gasteiger partial charge on any atom is 0.228 e. The summed E-state index contributed by atoms with van der Waals surface area (Å²) < 4.78 is 5.52. The number of hydrogen-bond donors (Lipinski definition) is 0. The average molecular weight is 344 g/mol. The van der Waals surface area contributed by atoms with Crippen LogP contribution in [0.3, 0.4) is 0 Å². The van der Waals surface area contributed by atoms with E-state index < -0.39 is 0 Å². The molecule has 0 aromatic heterocycles. The zero-order chi connectivity index (χ0) is 17.8. The Bertz CT molecular complexity index is 544. The minimum atomic E-state index is 0.0560. The molecule has 3 rings (SSSR count). The number of likely N-dealkylation sites (tertiary alicyclic amines) is 1. The lowest BCUT2D eigenvalue weighted by Gasteiger charge is -2.46. The summed E-state index contributed by atoms with van der Waals surface area (Å²) in [4.78, 5) is 17.5. The molecule has 0 radical (unpaired) electrons. The zero-order valence-corrected chi connectivity index (χ0v) is 15.9. The lowest BCUT2D eigenvalue weighted by atomic mass is 9.83. The number of nitrogens with zero attached hydrogens (tertiary/aromatic N) is 2. The first-order chi connectivity index (χ1) is 12.1. The highest BCUT2D eigenvalue weighted by molar-refractivity contribution is 5.79. The van der Waals surface area contributed by atoms with Crippen LogP contribution in [0.2, 0.25) is 0 Å². The minimum Gasteiger partial charge on any atom is -0.381 e. The molecule has 2 aliphatic heterocycles. The van der Waals surface area contributed by atoms with Gasteiger partial charge in [-0.15, -0.1) is 0 Å². The van der Waals surface area contributed by atoms with Crippen LogP contribution in [0, 0.1) is 17.8 Å². The fraction of sp³-hybridized carbons (Fsp3) is 0.667. The third kappa shape index (κ3) is 4.42. The Morgan fingerprint density at radius 2 is 1.88 bits per heavy atom. The summed E-state index contributed by atoms with van der Waals surface area (Å²) in [5.41, 5.74) is 1.36. The first-order valence-corrected chi connectivity index (χ1v) is 9.67. The number of ether oxygens (including phenoxy) is 1. The smallest absolute Gasteiger partial charge is 0.228 e. The van der Waals surface area contributed by atoms with E-state index in [4.69, 9.17) is 4.74 Å². The highest BCUT2D eigenvalue weighted by Crippen LogP contribution is 2.29. The van der Waals surface area contributed by atoms with E-state index >= 15 is 0 Å². The van der Waals surface area contributed by atoms with Crippen LogP contribution in [0.5, 0.6) is 0 Å². The molecule has 0 bridgehead atoms. The molecule has 2 heterocycles. The Hall–Kier alpha value is -1.39. The van der Waals surface area contributed by atoms with E-state index in [0.29, 0.717) is 24.5 Å². The van der Waals surface area contributed by atoms with Gasteiger partial charge in [-0.25, -0.2) is 0 Å². The molecule has 2 saturated heterocycles. The Labute approximate surface area is 152 Å². The van der Waals surface area contributed by atoms with E-state index in [9.17, 15) is 4.79 Å². The van der Waals surface area contributed by atoms with Gasteiger partial charge in [0.05, 0.1) is 12.5 Å². The van der Waals surface area contributed by atoms with Gasteiger partial charge in [-0.2, -0.15) is 0 Å². The zero-order valence-electron chi connectivity index (χ0n) is 15.9. The van der Waals surface area contributed by atoms with Crippen LogP contribution < -0.4 is 0 Å². The Kier molecular flexibility index (Phi) is 6.13. The largest absolute Gasteiger partial charge is 0.381 e. The second kappa shape index (κ2) is 8.33. The number of benzene rings is 1. The lowest BCUT2D eigenvalue weighted by molar-refractivity contribution is -0.144. The quantitative estimate of drug-likeness (QED) is 0.842. The van der Waals surface area contributed by atoms with Crippen molar-refractivity contribution in [3.05, 3.63) is 35.9 Å². The Morgan fingerprint density at radius 3 is 2.48 bits per heavy atom. The Balaban J connectivity index is 1.60. The molecule has 4 heteroatoms. The predicted molar refractivity (Wildman–Crippen MR) is 100 cm³/mol. The fourth-order valence-electron chi connectivity index (χ4n) is 4.77. The lowest BCUT2D eigenvalue weighted by Crippen LogP contribution is -2.56. The second-order valence-corrected chi connectivity index (χ2v) is 7.99. The van der Waals surface area contributed by atoms with Crippen molar-refractivity contribution in [2.24, 2.45) is 17.8 Å². The van der Waals surface area contributed by atoms with Gasteiger partial charge in [0.25, 0.3) is 0 Å². The van der Waals surface area contributed by atoms with Crippen molar-refractivity contribution in [1.82, 2.24) is 9.80 Å². The maximum atomic E-state index is 12.9. The van der Waals surface area contributed by atoms with Crippen molar-refractivity contribution < 1.29 is 9.53 Å². The maximum absolute atomic E-state index is 12.9. The van der Waals surface area contributed by atoms with E-state index in [1.807, 2.05) is 11.9 Å². The van der Waals surface area contributed by atoms with Gasteiger partial charge in [-0.1, -0.05) is 44.2 Å². The van der Waals surface area contributed by atoms with Gasteiger partial charge in [0, 0.05) is 39.3 Å². The first kappa shape index (κ1) is 18.4. The number of carbonyl (C=O) groups is 1. The predicted octanol–water partition coefficient (Wildman–Crippen LogP) is 3.03. The van der Waals surface area contributed by atoms with Crippen LogP contribution in [-0.2, 0) is 16.1 Å². The number of rotatable bonds is 4. The van der Waals surface area contributed by atoms with Gasteiger partial charge in [0.2, 0.25) is 5.91 Å². The summed E-state index contributed by atoms with van der Waals surface area (Å²) >= 11 is 0. The van der Waals surface area contributed by atoms with E-state index in [2.05, 4.69) is 49.1 Å². The van der Waals surface area contributed by atoms with E-state index in [1.54, 1.807) is 0 Å². The molecule has 0 spiro atoms. The summed E-state index contributed by atoms with van der Waals surface area (Å²) in [6.07, 6.45) is 1.98. The van der Waals surface area contributed by atoms with Gasteiger partial charge < -0.3 is 9.64 Å². The van der Waals surface area contributed by atoms with Crippen molar-refractivity contribution >= 4 is 5.91 Å². The van der Waals surface area contributed by atoms with Crippen LogP contribution in [0.15, 0.2) is 30.3 Å². The monoisotopic (exact) mass is 344 g/mol. The minimum absolute atomic E-state index is 0.0560. The van der Waals surface area contributed by atoms with Crippen LogP contribution in [-0.4, -0.2) is 55.1 Å². The van der Waals surface area contributed by atoms with Crippen molar-refractivity contribution in [3.63, 3.8) is 0 Å². The summed E-state index contributed by atoms with van der Waals surface area (Å²) in [6.45, 7) is 9.07. The molecule has 2 aliphatic rings. The highest BCUT2D eigenvalue weighted by atomic mass is 16.5. The molecular formula is C21H32N2O2. The topological polar surface area (TPSA) is 32.8 Å². The fourth-order valence-corrected chi connectivity index (χ4v) is 4.77. The molecule has 1 amide bonds. The highest BCUT2D eigenvalue weighted by Gasteiger charge is 2.38. The van der Waals surface area contributed by atoms with Crippen molar-refractivity contribution in [1.29, 1.82) is 0 Å². The van der Waals surface area contributed by atoms with Crippen LogP contribution in [0.25, 0.3) is 0 Å². The van der Waals surface area contributed by atoms with Gasteiger partial charge in [-0.05, 0) is 30.2 Å². The number of piperidine rings is 1. The molecule has 25 heavy (non-hydrogen) atoms. The molecule has 4 nitrogen and oxygen atoms in total. The molecular weight excluding hydrogens is 312 g/mol.